The van der Waals surface area contributed by atoms with Crippen molar-refractivity contribution < 1.29 is 24.0 Å². The number of carbonyl (C=O) groups is 2. The summed E-state index contributed by atoms with van der Waals surface area (Å²) in [6.45, 7) is 4.12. The third kappa shape index (κ3) is 6.17. The highest BCUT2D eigenvalue weighted by atomic mass is 16.5. The summed E-state index contributed by atoms with van der Waals surface area (Å²) in [6.07, 6.45) is 0.789. The SMILES string of the molecule is C=CCOCC(O)C[N+](C)(C)[N-]C(=O)C(=O)c1ccccc1. The highest BCUT2D eigenvalue weighted by Gasteiger charge is 2.19. The smallest absolute Gasteiger partial charge is 0.214 e. The largest absolute Gasteiger partial charge is 0.448 e. The van der Waals surface area contributed by atoms with E-state index in [1.54, 1.807) is 50.5 Å². The normalized spacial score (nSPS) is 12.5. The molecule has 0 heterocycles. The minimum atomic E-state index is -0.838. The molecular formula is C16H22N2O4. The van der Waals surface area contributed by atoms with Crippen molar-refractivity contribution in [2.45, 2.75) is 6.10 Å². The van der Waals surface area contributed by atoms with E-state index in [0.29, 0.717) is 12.2 Å². The maximum Gasteiger partial charge on any atom is 0.214 e. The van der Waals surface area contributed by atoms with Crippen molar-refractivity contribution in [2.75, 3.05) is 33.9 Å². The molecule has 1 unspecified atom stereocenters. The van der Waals surface area contributed by atoms with Crippen molar-refractivity contribution in [1.82, 2.24) is 0 Å². The molecule has 1 N–H and O–H groups in total. The van der Waals surface area contributed by atoms with Gasteiger partial charge in [-0.3, -0.25) is 4.79 Å². The Balaban J connectivity index is 2.54. The number of rotatable bonds is 9. The van der Waals surface area contributed by atoms with Crippen LogP contribution >= 0.6 is 0 Å². The molecule has 120 valence electrons. The Labute approximate surface area is 130 Å². The molecule has 0 aliphatic carbocycles. The number of aliphatic hydroxyl groups excluding tert-OH is 1. The van der Waals surface area contributed by atoms with E-state index in [1.165, 1.54) is 0 Å². The number of hydrogen-bond acceptors (Lipinski definition) is 4. The summed E-state index contributed by atoms with van der Waals surface area (Å²) in [4.78, 5) is 23.9. The van der Waals surface area contributed by atoms with E-state index < -0.39 is 17.8 Å². The van der Waals surface area contributed by atoms with Crippen LogP contribution in [-0.2, 0) is 9.53 Å². The maximum atomic E-state index is 12.0. The number of nitrogens with zero attached hydrogens (tertiary/aromatic N) is 2. The van der Waals surface area contributed by atoms with Crippen molar-refractivity contribution in [3.63, 3.8) is 0 Å². The number of ether oxygens (including phenoxy) is 1. The Morgan fingerprint density at radius 3 is 2.59 bits per heavy atom. The van der Waals surface area contributed by atoms with Gasteiger partial charge < -0.3 is 24.7 Å². The average Bonchev–Trinajstić information content (AvgIpc) is 2.46. The fraction of sp³-hybridized carbons (Fsp3) is 0.375. The number of quaternary nitrogens is 1. The zero-order chi connectivity index (χ0) is 16.6. The molecule has 0 fully saturated rings. The third-order valence-electron chi connectivity index (χ3n) is 2.80. The molecule has 6 nitrogen and oxygen atoms in total. The lowest BCUT2D eigenvalue weighted by Gasteiger charge is -2.42. The van der Waals surface area contributed by atoms with Gasteiger partial charge in [0, 0.05) is 5.56 Å². The maximum absolute atomic E-state index is 12.0. The quantitative estimate of drug-likeness (QED) is 0.186. The molecular weight excluding hydrogens is 284 g/mol. The van der Waals surface area contributed by atoms with Crippen LogP contribution in [0.3, 0.4) is 0 Å². The lowest BCUT2D eigenvalue weighted by molar-refractivity contribution is -0.852. The van der Waals surface area contributed by atoms with Gasteiger partial charge in [-0.15, -0.1) is 6.58 Å². The number of ketones is 1. The van der Waals surface area contributed by atoms with Crippen molar-refractivity contribution in [3.8, 4) is 0 Å². The second-order valence-corrected chi connectivity index (χ2v) is 5.38. The Bertz CT molecular complexity index is 514. The summed E-state index contributed by atoms with van der Waals surface area (Å²) < 4.78 is 4.98. The van der Waals surface area contributed by atoms with Gasteiger partial charge in [-0.25, -0.2) is 0 Å². The molecule has 22 heavy (non-hydrogen) atoms. The molecule has 1 aromatic carbocycles. The minimum absolute atomic E-state index is 0.115. The van der Waals surface area contributed by atoms with Crippen LogP contribution in [0, 0.1) is 0 Å². The van der Waals surface area contributed by atoms with Crippen LogP contribution in [-0.4, -0.2) is 61.3 Å². The summed E-state index contributed by atoms with van der Waals surface area (Å²) in [5.41, 5.74) is 4.16. The molecule has 1 aromatic rings. The molecule has 0 aromatic heterocycles. The predicted molar refractivity (Wildman–Crippen MR) is 83.1 cm³/mol. The number of amides is 1. The molecule has 0 aliphatic heterocycles. The Morgan fingerprint density at radius 2 is 2.00 bits per heavy atom. The van der Waals surface area contributed by atoms with E-state index in [9.17, 15) is 14.7 Å². The van der Waals surface area contributed by atoms with Gasteiger partial charge in [0.25, 0.3) is 0 Å². The molecule has 0 saturated heterocycles. The first-order valence-electron chi connectivity index (χ1n) is 6.92. The van der Waals surface area contributed by atoms with Crippen LogP contribution in [0.1, 0.15) is 10.4 Å². The lowest BCUT2D eigenvalue weighted by Crippen LogP contribution is -2.45. The average molecular weight is 306 g/mol. The molecule has 1 rings (SSSR count). The topological polar surface area (TPSA) is 77.7 Å². The molecule has 0 spiro atoms. The first kappa shape index (κ1) is 18.0. The fourth-order valence-corrected chi connectivity index (χ4v) is 1.90. The van der Waals surface area contributed by atoms with Crippen molar-refractivity contribution in [3.05, 3.63) is 54.0 Å². The van der Waals surface area contributed by atoms with Gasteiger partial charge in [0.2, 0.25) is 5.78 Å². The van der Waals surface area contributed by atoms with Gasteiger partial charge in [-0.2, -0.15) is 0 Å². The van der Waals surface area contributed by atoms with Crippen LogP contribution in [0.15, 0.2) is 43.0 Å². The van der Waals surface area contributed by atoms with Gasteiger partial charge in [0.15, 0.2) is 5.91 Å². The first-order valence-corrected chi connectivity index (χ1v) is 6.92. The number of carbonyl (C=O) groups excluding carboxylic acids is 2. The zero-order valence-corrected chi connectivity index (χ0v) is 12.9. The van der Waals surface area contributed by atoms with Gasteiger partial charge in [-0.05, 0) is 0 Å². The number of hydrogen-bond donors (Lipinski definition) is 1. The summed E-state index contributed by atoms with van der Waals surface area (Å²) in [6, 6.07) is 8.25. The van der Waals surface area contributed by atoms with Crippen molar-refractivity contribution in [1.29, 1.82) is 0 Å². The molecule has 0 radical (unpaired) electrons. The summed E-state index contributed by atoms with van der Waals surface area (Å²) in [5.74, 6) is -1.50. The minimum Gasteiger partial charge on any atom is -0.448 e. The lowest BCUT2D eigenvalue weighted by atomic mass is 10.1. The third-order valence-corrected chi connectivity index (χ3v) is 2.80. The Kier molecular flexibility index (Phi) is 6.91. The molecule has 0 bridgehead atoms. The Morgan fingerprint density at radius 1 is 1.36 bits per heavy atom. The van der Waals surface area contributed by atoms with Crippen LogP contribution < -0.4 is 0 Å². The van der Waals surface area contributed by atoms with Crippen molar-refractivity contribution >= 4 is 11.7 Å². The highest BCUT2D eigenvalue weighted by molar-refractivity contribution is 6.46. The van der Waals surface area contributed by atoms with Crippen LogP contribution in [0.5, 0.6) is 0 Å². The standard InChI is InChI=1S/C16H22N2O4/c1-4-10-22-12-14(19)11-18(2,3)17-16(21)15(20)13-8-6-5-7-9-13/h4-9,14,19H,1,10-12H2,2-3H3. The van der Waals surface area contributed by atoms with Gasteiger partial charge >= 0.3 is 0 Å². The van der Waals surface area contributed by atoms with Gasteiger partial charge in [0.1, 0.15) is 12.6 Å². The molecule has 0 saturated carbocycles. The van der Waals surface area contributed by atoms with E-state index in [0.717, 1.165) is 0 Å². The number of aliphatic hydroxyl groups is 1. The van der Waals surface area contributed by atoms with Crippen LogP contribution in [0.4, 0.5) is 0 Å². The number of benzene rings is 1. The van der Waals surface area contributed by atoms with Gasteiger partial charge in [-0.1, -0.05) is 36.4 Å². The monoisotopic (exact) mass is 306 g/mol. The van der Waals surface area contributed by atoms with Crippen LogP contribution in [0.25, 0.3) is 5.43 Å². The predicted octanol–water partition coefficient (Wildman–Crippen LogP) is 1.32. The number of Topliss-reactive ketones (excluding diaryl/α,β-unsaturated/α-hetero) is 1. The second kappa shape index (κ2) is 8.43. The summed E-state index contributed by atoms with van der Waals surface area (Å²) >= 11 is 0. The van der Waals surface area contributed by atoms with E-state index in [1.807, 2.05) is 0 Å². The van der Waals surface area contributed by atoms with E-state index in [2.05, 4.69) is 12.0 Å². The van der Waals surface area contributed by atoms with Gasteiger partial charge in [0.05, 0.1) is 27.3 Å². The summed E-state index contributed by atoms with van der Waals surface area (Å²) in [5, 5.41) is 9.85. The number of likely N-dealkylation sites (N-methyl/N-ethyl adjacent to an activating group) is 1. The summed E-state index contributed by atoms with van der Waals surface area (Å²) in [7, 11) is 3.26. The van der Waals surface area contributed by atoms with E-state index >= 15 is 0 Å². The highest BCUT2D eigenvalue weighted by Crippen LogP contribution is 2.12. The fourth-order valence-electron chi connectivity index (χ4n) is 1.90. The zero-order valence-electron chi connectivity index (χ0n) is 12.9. The van der Waals surface area contributed by atoms with E-state index in [4.69, 9.17) is 4.74 Å². The molecule has 6 heteroatoms. The Hall–Kier alpha value is -2.02. The molecule has 1 amide bonds. The molecule has 0 aliphatic rings. The second-order valence-electron chi connectivity index (χ2n) is 5.38. The van der Waals surface area contributed by atoms with E-state index in [-0.39, 0.29) is 17.7 Å². The van der Waals surface area contributed by atoms with Crippen molar-refractivity contribution in [2.24, 2.45) is 0 Å². The first-order chi connectivity index (χ1) is 10.4. The molecule has 1 atom stereocenters. The van der Waals surface area contributed by atoms with Crippen LogP contribution in [0.2, 0.25) is 0 Å².